The van der Waals surface area contributed by atoms with Crippen LogP contribution in [-0.2, 0) is 11.8 Å². The van der Waals surface area contributed by atoms with Gasteiger partial charge >= 0.3 is 0 Å². The molecule has 3 heteroatoms. The first-order chi connectivity index (χ1) is 9.18. The molecule has 0 radical (unpaired) electrons. The van der Waals surface area contributed by atoms with Gasteiger partial charge < -0.3 is 15.7 Å². The van der Waals surface area contributed by atoms with Gasteiger partial charge in [0.2, 0.25) is 0 Å². The molecular weight excluding hydrogens is 236 g/mol. The van der Waals surface area contributed by atoms with Crippen LogP contribution in [0.2, 0.25) is 0 Å². The van der Waals surface area contributed by atoms with Gasteiger partial charge in [-0.2, -0.15) is 0 Å². The molecule has 104 valence electrons. The summed E-state index contributed by atoms with van der Waals surface area (Å²) in [6.45, 7) is 1.73. The summed E-state index contributed by atoms with van der Waals surface area (Å²) in [6.07, 6.45) is 6.80. The fourth-order valence-corrected chi connectivity index (χ4v) is 3.91. The normalized spacial score (nSPS) is 21.5. The van der Waals surface area contributed by atoms with Crippen molar-refractivity contribution in [2.24, 2.45) is 5.73 Å². The zero-order chi connectivity index (χ0) is 13.5. The summed E-state index contributed by atoms with van der Waals surface area (Å²) in [5.74, 6) is 0.524. The smallest absolute Gasteiger partial charge is 0.124 e. The molecule has 1 fully saturated rings. The Balaban J connectivity index is 2.08. The van der Waals surface area contributed by atoms with Gasteiger partial charge in [-0.05, 0) is 31.7 Å². The summed E-state index contributed by atoms with van der Waals surface area (Å²) in [7, 11) is 2.10. The first-order valence-corrected chi connectivity index (χ1v) is 7.44. The molecule has 1 aliphatic carbocycles. The van der Waals surface area contributed by atoms with Crippen LogP contribution in [-0.4, -0.2) is 25.2 Å². The standard InChI is InChI=1S/C16H24N2O/c1-18-10-4-5-12-14(18)7-6-13(15(12)19)16(11-17)8-2-3-9-16/h6-7,19H,2-5,8-11,17H2,1H3. The molecule has 1 heterocycles. The van der Waals surface area contributed by atoms with Crippen LogP contribution in [0.5, 0.6) is 5.75 Å². The van der Waals surface area contributed by atoms with Crippen LogP contribution in [0.1, 0.15) is 43.2 Å². The number of aromatic hydroxyl groups is 1. The Hall–Kier alpha value is -1.22. The molecule has 1 aliphatic heterocycles. The maximum Gasteiger partial charge on any atom is 0.124 e. The highest BCUT2D eigenvalue weighted by molar-refractivity contribution is 5.64. The number of hydrogen-bond donors (Lipinski definition) is 2. The van der Waals surface area contributed by atoms with Crippen molar-refractivity contribution in [1.82, 2.24) is 0 Å². The molecule has 2 aliphatic rings. The number of rotatable bonds is 2. The highest BCUT2D eigenvalue weighted by Crippen LogP contribution is 2.47. The Morgan fingerprint density at radius 1 is 1.26 bits per heavy atom. The van der Waals surface area contributed by atoms with Gasteiger partial charge in [0.25, 0.3) is 0 Å². The van der Waals surface area contributed by atoms with E-state index in [1.807, 2.05) is 0 Å². The minimum absolute atomic E-state index is 0.0229. The average molecular weight is 260 g/mol. The minimum Gasteiger partial charge on any atom is -0.507 e. The fourth-order valence-electron chi connectivity index (χ4n) is 3.91. The van der Waals surface area contributed by atoms with Gasteiger partial charge in [-0.1, -0.05) is 18.9 Å². The summed E-state index contributed by atoms with van der Waals surface area (Å²) in [5.41, 5.74) is 9.50. The van der Waals surface area contributed by atoms with Crippen molar-refractivity contribution in [2.75, 3.05) is 25.0 Å². The van der Waals surface area contributed by atoms with Crippen molar-refractivity contribution in [2.45, 2.75) is 43.9 Å². The molecule has 0 spiro atoms. The van der Waals surface area contributed by atoms with Gasteiger partial charge in [-0.15, -0.1) is 0 Å². The zero-order valence-corrected chi connectivity index (χ0v) is 11.8. The number of phenolic OH excluding ortho intramolecular Hbond substituents is 1. The highest BCUT2D eigenvalue weighted by atomic mass is 16.3. The van der Waals surface area contributed by atoms with Gasteiger partial charge in [0.15, 0.2) is 0 Å². The lowest BCUT2D eigenvalue weighted by Gasteiger charge is -2.33. The van der Waals surface area contributed by atoms with Crippen molar-refractivity contribution in [3.63, 3.8) is 0 Å². The second-order valence-corrected chi connectivity index (χ2v) is 6.18. The molecule has 3 N–H and O–H groups in total. The van der Waals surface area contributed by atoms with Crippen LogP contribution < -0.4 is 10.6 Å². The van der Waals surface area contributed by atoms with Crippen LogP contribution in [0.25, 0.3) is 0 Å². The Labute approximate surface area is 115 Å². The highest BCUT2D eigenvalue weighted by Gasteiger charge is 2.37. The van der Waals surface area contributed by atoms with E-state index >= 15 is 0 Å². The van der Waals surface area contributed by atoms with Crippen molar-refractivity contribution in [3.8, 4) is 5.75 Å². The Kier molecular flexibility index (Phi) is 3.17. The maximum atomic E-state index is 10.7. The van der Waals surface area contributed by atoms with Crippen molar-refractivity contribution in [3.05, 3.63) is 23.3 Å². The summed E-state index contributed by atoms with van der Waals surface area (Å²) in [6, 6.07) is 4.30. The number of phenols is 1. The lowest BCUT2D eigenvalue weighted by atomic mass is 9.77. The molecule has 1 aromatic rings. The Bertz CT molecular complexity index is 478. The third-order valence-electron chi connectivity index (χ3n) is 5.11. The zero-order valence-electron chi connectivity index (χ0n) is 11.8. The van der Waals surface area contributed by atoms with E-state index in [0.717, 1.165) is 43.4 Å². The average Bonchev–Trinajstić information content (AvgIpc) is 2.90. The van der Waals surface area contributed by atoms with E-state index in [4.69, 9.17) is 5.73 Å². The van der Waals surface area contributed by atoms with E-state index in [0.29, 0.717) is 12.3 Å². The van der Waals surface area contributed by atoms with E-state index < -0.39 is 0 Å². The summed E-state index contributed by atoms with van der Waals surface area (Å²) in [5, 5.41) is 10.7. The SMILES string of the molecule is CN1CCCc2c1ccc(C1(CN)CCCC1)c2O. The van der Waals surface area contributed by atoms with E-state index in [2.05, 4.69) is 24.1 Å². The molecule has 1 aromatic carbocycles. The van der Waals surface area contributed by atoms with Crippen LogP contribution >= 0.6 is 0 Å². The molecule has 3 nitrogen and oxygen atoms in total. The lowest BCUT2D eigenvalue weighted by Crippen LogP contribution is -2.33. The molecule has 3 rings (SSSR count). The fraction of sp³-hybridized carbons (Fsp3) is 0.625. The van der Waals surface area contributed by atoms with Gasteiger partial charge in [0, 0.05) is 42.4 Å². The number of fused-ring (bicyclic) bond motifs is 1. The Morgan fingerprint density at radius 2 is 2.00 bits per heavy atom. The van der Waals surface area contributed by atoms with E-state index in [1.54, 1.807) is 0 Å². The second kappa shape index (κ2) is 4.71. The summed E-state index contributed by atoms with van der Waals surface area (Å²) < 4.78 is 0. The minimum atomic E-state index is 0.0229. The predicted octanol–water partition coefficient (Wildman–Crippen LogP) is 2.55. The molecule has 0 aromatic heterocycles. The van der Waals surface area contributed by atoms with Crippen LogP contribution in [0.3, 0.4) is 0 Å². The molecule has 0 saturated heterocycles. The quantitative estimate of drug-likeness (QED) is 0.859. The van der Waals surface area contributed by atoms with Crippen LogP contribution in [0.15, 0.2) is 12.1 Å². The first kappa shape index (κ1) is 12.8. The van der Waals surface area contributed by atoms with Gasteiger partial charge in [0.1, 0.15) is 5.75 Å². The number of benzene rings is 1. The van der Waals surface area contributed by atoms with E-state index in [1.165, 1.54) is 18.5 Å². The monoisotopic (exact) mass is 260 g/mol. The van der Waals surface area contributed by atoms with Crippen molar-refractivity contribution in [1.29, 1.82) is 0 Å². The third-order valence-corrected chi connectivity index (χ3v) is 5.11. The number of nitrogens with two attached hydrogens (primary N) is 1. The van der Waals surface area contributed by atoms with Crippen molar-refractivity contribution < 1.29 is 5.11 Å². The number of hydrogen-bond acceptors (Lipinski definition) is 3. The van der Waals surface area contributed by atoms with Crippen LogP contribution in [0, 0.1) is 0 Å². The Morgan fingerprint density at radius 3 is 2.68 bits per heavy atom. The molecule has 0 unspecified atom stereocenters. The van der Waals surface area contributed by atoms with Gasteiger partial charge in [0.05, 0.1) is 0 Å². The van der Waals surface area contributed by atoms with Gasteiger partial charge in [-0.3, -0.25) is 0 Å². The topological polar surface area (TPSA) is 49.5 Å². The molecule has 0 atom stereocenters. The number of nitrogens with zero attached hydrogens (tertiary/aromatic N) is 1. The van der Waals surface area contributed by atoms with E-state index in [-0.39, 0.29) is 5.41 Å². The molecular formula is C16H24N2O. The van der Waals surface area contributed by atoms with E-state index in [9.17, 15) is 5.11 Å². The number of anilines is 1. The molecule has 1 saturated carbocycles. The molecule has 19 heavy (non-hydrogen) atoms. The predicted molar refractivity (Wildman–Crippen MR) is 78.9 cm³/mol. The van der Waals surface area contributed by atoms with Gasteiger partial charge in [-0.25, -0.2) is 0 Å². The first-order valence-electron chi connectivity index (χ1n) is 7.44. The maximum absolute atomic E-state index is 10.7. The second-order valence-electron chi connectivity index (χ2n) is 6.18. The largest absolute Gasteiger partial charge is 0.507 e. The summed E-state index contributed by atoms with van der Waals surface area (Å²) in [4.78, 5) is 2.24. The summed E-state index contributed by atoms with van der Waals surface area (Å²) >= 11 is 0. The van der Waals surface area contributed by atoms with Crippen LogP contribution in [0.4, 0.5) is 5.69 Å². The van der Waals surface area contributed by atoms with Crippen molar-refractivity contribution >= 4 is 5.69 Å². The lowest BCUT2D eigenvalue weighted by molar-refractivity contribution is 0.401. The third kappa shape index (κ3) is 1.91. The molecule has 0 bridgehead atoms. The molecule has 0 amide bonds.